The number of hydrogen-bond acceptors (Lipinski definition) is 3. The summed E-state index contributed by atoms with van der Waals surface area (Å²) in [6.07, 6.45) is 1.44. The Morgan fingerprint density at radius 3 is 2.70 bits per heavy atom. The molecule has 4 N–H and O–H groups in total. The van der Waals surface area contributed by atoms with E-state index in [4.69, 9.17) is 11.5 Å². The van der Waals surface area contributed by atoms with Crippen LogP contribution in [0.1, 0.15) is 10.5 Å². The summed E-state index contributed by atoms with van der Waals surface area (Å²) < 4.78 is 0. The molecule has 0 bridgehead atoms. The molecule has 1 rings (SSSR count). The minimum absolute atomic E-state index is 0.194. The van der Waals surface area contributed by atoms with Crippen LogP contribution >= 0.6 is 0 Å². The first-order chi connectivity index (χ1) is 4.70. The summed E-state index contributed by atoms with van der Waals surface area (Å²) in [6.45, 7) is 0. The number of nitrogens with two attached hydrogens (primary N) is 2. The lowest BCUT2D eigenvalue weighted by Crippen LogP contribution is -2.12. The van der Waals surface area contributed by atoms with E-state index in [0.29, 0.717) is 5.69 Å². The van der Waals surface area contributed by atoms with Crippen LogP contribution in [0.5, 0.6) is 0 Å². The highest BCUT2D eigenvalue weighted by Crippen LogP contribution is 2.00. The van der Waals surface area contributed by atoms with Crippen molar-refractivity contribution in [1.29, 1.82) is 0 Å². The van der Waals surface area contributed by atoms with Gasteiger partial charge in [0.05, 0.1) is 0 Å². The number of amides is 1. The Morgan fingerprint density at radius 2 is 2.30 bits per heavy atom. The van der Waals surface area contributed by atoms with E-state index in [1.165, 1.54) is 12.3 Å². The van der Waals surface area contributed by atoms with Gasteiger partial charge in [0.15, 0.2) is 0 Å². The highest BCUT2D eigenvalue weighted by molar-refractivity contribution is 5.91. The maximum Gasteiger partial charge on any atom is 0.267 e. The summed E-state index contributed by atoms with van der Waals surface area (Å²) in [7, 11) is 0. The lowest BCUT2D eigenvalue weighted by molar-refractivity contribution is 0.0995. The Morgan fingerprint density at radius 1 is 1.60 bits per heavy atom. The largest absolute Gasteiger partial charge is 0.399 e. The topological polar surface area (TPSA) is 82.0 Å². The third kappa shape index (κ3) is 1.22. The molecule has 1 amide bonds. The minimum Gasteiger partial charge on any atom is -0.399 e. The zero-order valence-corrected chi connectivity index (χ0v) is 5.24. The maximum absolute atomic E-state index is 10.5. The normalized spacial score (nSPS) is 9.20. The summed E-state index contributed by atoms with van der Waals surface area (Å²) in [4.78, 5) is 14.1. The Kier molecular flexibility index (Phi) is 1.53. The molecule has 0 atom stereocenters. The Hall–Kier alpha value is -1.58. The van der Waals surface area contributed by atoms with Crippen molar-refractivity contribution in [2.45, 2.75) is 0 Å². The van der Waals surface area contributed by atoms with Crippen molar-refractivity contribution in [2.75, 3.05) is 5.73 Å². The van der Waals surface area contributed by atoms with Gasteiger partial charge in [0.2, 0.25) is 0 Å². The van der Waals surface area contributed by atoms with E-state index in [1.54, 1.807) is 6.07 Å². The van der Waals surface area contributed by atoms with E-state index in [2.05, 4.69) is 4.98 Å². The van der Waals surface area contributed by atoms with E-state index in [0.717, 1.165) is 0 Å². The molecule has 0 fully saturated rings. The number of aromatic nitrogens is 1. The lowest BCUT2D eigenvalue weighted by atomic mass is 10.4. The van der Waals surface area contributed by atoms with Gasteiger partial charge in [-0.3, -0.25) is 9.78 Å². The van der Waals surface area contributed by atoms with Crippen LogP contribution in [0.4, 0.5) is 5.69 Å². The summed E-state index contributed by atoms with van der Waals surface area (Å²) in [6, 6.07) is 3.02. The van der Waals surface area contributed by atoms with Crippen LogP contribution in [0, 0.1) is 0 Å². The fraction of sp³-hybridized carbons (Fsp3) is 0. The van der Waals surface area contributed by atoms with E-state index in [1.807, 2.05) is 0 Å². The van der Waals surface area contributed by atoms with Crippen LogP contribution in [0.2, 0.25) is 0 Å². The zero-order chi connectivity index (χ0) is 7.56. The van der Waals surface area contributed by atoms with Gasteiger partial charge in [0, 0.05) is 11.9 Å². The second kappa shape index (κ2) is 2.34. The van der Waals surface area contributed by atoms with Crippen molar-refractivity contribution in [1.82, 2.24) is 4.98 Å². The van der Waals surface area contributed by atoms with Crippen molar-refractivity contribution in [2.24, 2.45) is 5.73 Å². The molecule has 0 aliphatic rings. The molecule has 0 unspecified atom stereocenters. The quantitative estimate of drug-likeness (QED) is 0.417. The second-order valence-corrected chi connectivity index (χ2v) is 1.84. The molecule has 0 spiro atoms. The van der Waals surface area contributed by atoms with Gasteiger partial charge in [-0.25, -0.2) is 0 Å². The van der Waals surface area contributed by atoms with Gasteiger partial charge < -0.3 is 11.5 Å². The monoisotopic (exact) mass is 140 g/mol. The summed E-state index contributed by atoms with van der Waals surface area (Å²) >= 11 is 0. The van der Waals surface area contributed by atoms with Crippen LogP contribution in [0.3, 0.4) is 0 Å². The standard InChI is InChI=1S/C6H7N3O/c7-4-1-2-9-5(3-4)6(8)10/h1-3H,(H2,7,9)(H2,8,10)/i6+1,7+1,8+1. The molecule has 1 aromatic heterocycles. The lowest BCUT2D eigenvalue weighted by Gasteiger charge is -1.93. The highest BCUT2D eigenvalue weighted by atomic mass is 16.2. The molecular formula is C6H7N3O. The molecule has 1 aromatic rings. The van der Waals surface area contributed by atoms with E-state index >= 15 is 0 Å². The van der Waals surface area contributed by atoms with Crippen LogP contribution in [0.15, 0.2) is 18.3 Å². The molecule has 1 heterocycles. The number of carbonyl (C=O) groups excluding carboxylic acids is 1. The van der Waals surface area contributed by atoms with Gasteiger partial charge in [0.1, 0.15) is 5.69 Å². The number of rotatable bonds is 1. The third-order valence-corrected chi connectivity index (χ3v) is 1.04. The molecule has 52 valence electrons. The first-order valence-corrected chi connectivity index (χ1v) is 2.71. The van der Waals surface area contributed by atoms with E-state index < -0.39 is 5.91 Å². The fourth-order valence-electron chi connectivity index (χ4n) is 0.582. The van der Waals surface area contributed by atoms with Crippen LogP contribution < -0.4 is 11.5 Å². The SMILES string of the molecule is [15NH2]c1ccnc([13C]([15NH2])=O)c1. The number of nitrogens with zero attached hydrogens (tertiary/aromatic N) is 1. The second-order valence-electron chi connectivity index (χ2n) is 1.84. The highest BCUT2D eigenvalue weighted by Gasteiger charge is 1.99. The molecule has 0 saturated carbocycles. The zero-order valence-electron chi connectivity index (χ0n) is 5.24. The number of nitrogen functional groups attached to an aromatic ring is 1. The van der Waals surface area contributed by atoms with Crippen LogP contribution in [0.25, 0.3) is 0 Å². The molecule has 10 heavy (non-hydrogen) atoms. The van der Waals surface area contributed by atoms with Gasteiger partial charge in [-0.2, -0.15) is 0 Å². The van der Waals surface area contributed by atoms with Crippen molar-refractivity contribution in [3.63, 3.8) is 0 Å². The number of anilines is 1. The van der Waals surface area contributed by atoms with Gasteiger partial charge in [-0.15, -0.1) is 0 Å². The predicted octanol–water partition coefficient (Wildman–Crippen LogP) is -0.237. The van der Waals surface area contributed by atoms with Crippen LogP contribution in [-0.4, -0.2) is 10.9 Å². The summed E-state index contributed by atoms with van der Waals surface area (Å²) in [5.74, 6) is -0.563. The predicted molar refractivity (Wildman–Crippen MR) is 37.2 cm³/mol. The Balaban J connectivity index is 3.07. The molecule has 4 nitrogen and oxygen atoms in total. The molecule has 0 saturated heterocycles. The van der Waals surface area contributed by atoms with Crippen molar-refractivity contribution in [3.05, 3.63) is 24.0 Å². The fourth-order valence-corrected chi connectivity index (χ4v) is 0.582. The van der Waals surface area contributed by atoms with E-state index in [-0.39, 0.29) is 5.69 Å². The smallest absolute Gasteiger partial charge is 0.267 e. The maximum atomic E-state index is 10.5. The molecular weight excluding hydrogens is 133 g/mol. The average Bonchev–Trinajstić information content (AvgIpc) is 1.88. The Labute approximate surface area is 57.9 Å². The average molecular weight is 140 g/mol. The van der Waals surface area contributed by atoms with Crippen molar-refractivity contribution >= 4 is 11.6 Å². The van der Waals surface area contributed by atoms with Crippen molar-refractivity contribution in [3.8, 4) is 0 Å². The number of primary amides is 1. The van der Waals surface area contributed by atoms with Gasteiger partial charge in [-0.1, -0.05) is 0 Å². The first-order valence-electron chi connectivity index (χ1n) is 2.71. The van der Waals surface area contributed by atoms with E-state index in [9.17, 15) is 4.79 Å². The molecule has 0 aromatic carbocycles. The first kappa shape index (κ1) is 6.54. The number of hydrogen-bond donors (Lipinski definition) is 2. The summed E-state index contributed by atoms with van der Waals surface area (Å²) in [5, 5.41) is 0. The van der Waals surface area contributed by atoms with Gasteiger partial charge in [-0.05, 0) is 12.1 Å². The molecule has 4 heteroatoms. The summed E-state index contributed by atoms with van der Waals surface area (Å²) in [5.41, 5.74) is 11.0. The molecule has 0 aliphatic heterocycles. The molecule has 0 radical (unpaired) electrons. The third-order valence-electron chi connectivity index (χ3n) is 1.04. The van der Waals surface area contributed by atoms with Crippen molar-refractivity contribution < 1.29 is 4.79 Å². The van der Waals surface area contributed by atoms with Gasteiger partial charge >= 0.3 is 0 Å². The van der Waals surface area contributed by atoms with Crippen LogP contribution in [-0.2, 0) is 0 Å². The Bertz CT molecular complexity index is 259. The molecule has 0 aliphatic carbocycles. The number of pyridine rings is 1. The van der Waals surface area contributed by atoms with Gasteiger partial charge in [0.25, 0.3) is 5.91 Å². The number of carbonyl (C=O) groups is 1. The minimum atomic E-state index is -0.563.